The maximum absolute atomic E-state index is 8.28. The topological polar surface area (TPSA) is 47.5 Å². The Bertz CT molecular complexity index is 28.0. The summed E-state index contributed by atoms with van der Waals surface area (Å²) in [7, 11) is 3.19. The molecule has 38 valence electrons. The Labute approximate surface area is 36.7 Å². The fraction of sp³-hybridized carbons (Fsp3) is 1.00. The van der Waals surface area contributed by atoms with Crippen LogP contribution in [0.1, 0.15) is 0 Å². The van der Waals surface area contributed by atoms with Crippen LogP contribution in [-0.4, -0.2) is 24.6 Å². The monoisotopic (exact) mass is 91.1 g/mol. The first kappa shape index (κ1) is 5.84. The molecule has 0 aliphatic carbocycles. The van der Waals surface area contributed by atoms with Crippen LogP contribution in [0.4, 0.5) is 0 Å². The quantitative estimate of drug-likeness (QED) is 0.379. The van der Waals surface area contributed by atoms with Crippen molar-refractivity contribution < 1.29 is 5.21 Å². The zero-order chi connectivity index (χ0) is 4.99. The Morgan fingerprint density at radius 2 is 1.67 bits per heavy atom. The first-order valence-corrected chi connectivity index (χ1v) is 1.65. The van der Waals surface area contributed by atoms with Crippen LogP contribution in [0, 0.1) is 0 Å². The lowest BCUT2D eigenvalue weighted by molar-refractivity contribution is -0.168. The molecule has 0 aromatic heterocycles. The van der Waals surface area contributed by atoms with Gasteiger partial charge in [0.2, 0.25) is 0 Å². The normalized spacial score (nSPS) is 10.0. The Kier molecular flexibility index (Phi) is 2.97. The van der Waals surface area contributed by atoms with Crippen LogP contribution in [0.15, 0.2) is 0 Å². The fourth-order valence-corrected chi connectivity index (χ4v) is 0.112. The molecule has 0 saturated heterocycles. The Morgan fingerprint density at radius 1 is 1.33 bits per heavy atom. The van der Waals surface area contributed by atoms with Crippen LogP contribution in [0.2, 0.25) is 0 Å². The average molecular weight is 91.1 g/mol. The summed E-state index contributed by atoms with van der Waals surface area (Å²) in [5.41, 5.74) is 4.78. The molecule has 0 atom stereocenters. The van der Waals surface area contributed by atoms with E-state index < -0.39 is 0 Å². The minimum Gasteiger partial charge on any atom is -0.285 e. The van der Waals surface area contributed by atoms with Gasteiger partial charge in [-0.25, -0.2) is 10.9 Å². The fourth-order valence-electron chi connectivity index (χ4n) is 0.112. The van der Waals surface area contributed by atoms with Crippen molar-refractivity contribution in [2.75, 3.05) is 14.1 Å². The minimum atomic E-state index is 0.750. The van der Waals surface area contributed by atoms with Gasteiger partial charge in [-0.3, -0.25) is 5.21 Å². The van der Waals surface area contributed by atoms with Crippen molar-refractivity contribution in [3.05, 3.63) is 0 Å². The highest BCUT2D eigenvalue weighted by Crippen LogP contribution is 1.49. The molecule has 0 aromatic carbocycles. The largest absolute Gasteiger partial charge is 0.285 e. The second-order valence-corrected chi connectivity index (χ2v) is 0.759. The van der Waals surface area contributed by atoms with E-state index in [1.54, 1.807) is 14.1 Å². The summed E-state index contributed by atoms with van der Waals surface area (Å²) in [6.45, 7) is 0. The molecule has 0 spiro atoms. The van der Waals surface area contributed by atoms with Crippen molar-refractivity contribution in [1.82, 2.24) is 16.1 Å². The summed E-state index contributed by atoms with van der Waals surface area (Å²) >= 11 is 0. The molecule has 4 nitrogen and oxygen atoms in total. The molecule has 0 radical (unpaired) electrons. The van der Waals surface area contributed by atoms with E-state index in [2.05, 4.69) is 10.9 Å². The summed E-state index contributed by atoms with van der Waals surface area (Å²) in [4.78, 5) is 0. The predicted octanol–water partition coefficient (Wildman–Crippen LogP) is -1.05. The molecule has 0 rings (SSSR count). The molecule has 0 heterocycles. The molecule has 0 amide bonds. The van der Waals surface area contributed by atoms with E-state index in [-0.39, 0.29) is 0 Å². The average Bonchev–Trinajstić information content (AvgIpc) is 1.65. The Hall–Kier alpha value is -0.160. The second-order valence-electron chi connectivity index (χ2n) is 0.759. The summed E-state index contributed by atoms with van der Waals surface area (Å²) < 4.78 is 0. The van der Waals surface area contributed by atoms with Gasteiger partial charge in [-0.15, -0.1) is 0 Å². The molecule has 4 heteroatoms. The van der Waals surface area contributed by atoms with Gasteiger partial charge in [-0.1, -0.05) is 5.28 Å². The van der Waals surface area contributed by atoms with Gasteiger partial charge in [0.1, 0.15) is 0 Å². The Morgan fingerprint density at radius 3 is 1.67 bits per heavy atom. The van der Waals surface area contributed by atoms with Crippen molar-refractivity contribution in [1.29, 1.82) is 0 Å². The van der Waals surface area contributed by atoms with Crippen LogP contribution in [0.5, 0.6) is 0 Å². The lowest BCUT2D eigenvalue weighted by Crippen LogP contribution is -2.40. The van der Waals surface area contributed by atoms with E-state index >= 15 is 0 Å². The first-order chi connectivity index (χ1) is 2.81. The van der Waals surface area contributed by atoms with Gasteiger partial charge in [0.25, 0.3) is 0 Å². The van der Waals surface area contributed by atoms with Crippen LogP contribution < -0.4 is 10.9 Å². The molecular weight excluding hydrogens is 82.0 g/mol. The number of hydrogen-bond donors (Lipinski definition) is 3. The van der Waals surface area contributed by atoms with E-state index in [1.807, 2.05) is 0 Å². The van der Waals surface area contributed by atoms with Gasteiger partial charge in [0.15, 0.2) is 0 Å². The van der Waals surface area contributed by atoms with Gasteiger partial charge in [-0.05, 0) is 0 Å². The second kappa shape index (κ2) is 3.05. The number of hydrazine groups is 2. The van der Waals surface area contributed by atoms with Crippen LogP contribution in [-0.2, 0) is 0 Å². The summed E-state index contributed by atoms with van der Waals surface area (Å²) in [5, 5.41) is 9.03. The molecule has 0 bridgehead atoms. The van der Waals surface area contributed by atoms with Gasteiger partial charge in [-0.2, -0.15) is 0 Å². The highest BCUT2D eigenvalue weighted by molar-refractivity contribution is 4.03. The van der Waals surface area contributed by atoms with Crippen molar-refractivity contribution in [2.24, 2.45) is 0 Å². The zero-order valence-electron chi connectivity index (χ0n) is 3.89. The minimum absolute atomic E-state index is 0.750. The zero-order valence-corrected chi connectivity index (χ0v) is 3.89. The van der Waals surface area contributed by atoms with Crippen molar-refractivity contribution in [3.8, 4) is 0 Å². The van der Waals surface area contributed by atoms with Crippen molar-refractivity contribution in [3.63, 3.8) is 0 Å². The molecule has 0 aliphatic rings. The molecule has 0 saturated carbocycles. The standard InChI is InChI=1S/C2H9N3O/c1-3-5(6)4-2/h3-4,6H,1-2H3. The lowest BCUT2D eigenvalue weighted by atomic mass is 11.4. The summed E-state index contributed by atoms with van der Waals surface area (Å²) in [5.74, 6) is 0. The number of hydrogen-bond acceptors (Lipinski definition) is 4. The van der Waals surface area contributed by atoms with Crippen molar-refractivity contribution >= 4 is 0 Å². The third kappa shape index (κ3) is 2.10. The SMILES string of the molecule is CNN(O)NC. The molecule has 6 heavy (non-hydrogen) atoms. The van der Waals surface area contributed by atoms with Crippen LogP contribution >= 0.6 is 0 Å². The highest BCUT2D eigenvalue weighted by Gasteiger charge is 1.80. The van der Waals surface area contributed by atoms with Crippen molar-refractivity contribution in [2.45, 2.75) is 0 Å². The smallest absolute Gasteiger partial charge is 0.00237 e. The maximum Gasteiger partial charge on any atom is 0.00237 e. The van der Waals surface area contributed by atoms with E-state index in [0.29, 0.717) is 0 Å². The van der Waals surface area contributed by atoms with E-state index in [1.165, 1.54) is 0 Å². The molecular formula is C2H9N3O. The van der Waals surface area contributed by atoms with E-state index in [4.69, 9.17) is 5.21 Å². The maximum atomic E-state index is 8.28. The van der Waals surface area contributed by atoms with Gasteiger partial charge in [0.05, 0.1) is 0 Å². The van der Waals surface area contributed by atoms with Crippen LogP contribution in [0.3, 0.4) is 0 Å². The third-order valence-electron chi connectivity index (χ3n) is 0.424. The molecule has 0 aromatic rings. The lowest BCUT2D eigenvalue weighted by Gasteiger charge is -2.07. The number of rotatable bonds is 2. The molecule has 0 unspecified atom stereocenters. The molecule has 3 N–H and O–H groups in total. The van der Waals surface area contributed by atoms with Gasteiger partial charge in [0, 0.05) is 14.1 Å². The van der Waals surface area contributed by atoms with Gasteiger partial charge >= 0.3 is 0 Å². The van der Waals surface area contributed by atoms with E-state index in [0.717, 1.165) is 5.28 Å². The van der Waals surface area contributed by atoms with Crippen LogP contribution in [0.25, 0.3) is 0 Å². The first-order valence-electron chi connectivity index (χ1n) is 1.65. The highest BCUT2D eigenvalue weighted by atomic mass is 16.6. The number of nitrogens with one attached hydrogen (secondary N) is 2. The molecule has 0 aliphatic heterocycles. The third-order valence-corrected chi connectivity index (χ3v) is 0.424. The molecule has 0 fully saturated rings. The Balaban J connectivity index is 2.75. The van der Waals surface area contributed by atoms with E-state index in [9.17, 15) is 0 Å². The number of nitrogens with zero attached hydrogens (tertiary/aromatic N) is 1. The summed E-state index contributed by atoms with van der Waals surface area (Å²) in [6, 6.07) is 0. The summed E-state index contributed by atoms with van der Waals surface area (Å²) in [6.07, 6.45) is 0. The van der Waals surface area contributed by atoms with Gasteiger partial charge < -0.3 is 0 Å². The predicted molar refractivity (Wildman–Crippen MR) is 21.7 cm³/mol.